The highest BCUT2D eigenvalue weighted by molar-refractivity contribution is 5.84. The van der Waals surface area contributed by atoms with Gasteiger partial charge in [-0.2, -0.15) is 0 Å². The van der Waals surface area contributed by atoms with E-state index in [1.807, 2.05) is 0 Å². The van der Waals surface area contributed by atoms with E-state index in [1.165, 1.54) is 25.7 Å². The normalized spacial score (nSPS) is 42.4. The number of hydrogen-bond acceptors (Lipinski definition) is 2. The van der Waals surface area contributed by atoms with Crippen molar-refractivity contribution in [2.75, 3.05) is 0 Å². The van der Waals surface area contributed by atoms with Crippen LogP contribution in [0.3, 0.4) is 0 Å². The van der Waals surface area contributed by atoms with Crippen molar-refractivity contribution < 1.29 is 4.79 Å². The molecule has 0 heterocycles. The molecule has 2 nitrogen and oxygen atoms in total. The van der Waals surface area contributed by atoms with Crippen LogP contribution in [0.15, 0.2) is 0 Å². The lowest BCUT2D eigenvalue weighted by molar-refractivity contribution is -0.124. The van der Waals surface area contributed by atoms with Gasteiger partial charge in [-0.25, -0.2) is 0 Å². The van der Waals surface area contributed by atoms with Crippen LogP contribution in [0.2, 0.25) is 0 Å². The predicted molar refractivity (Wildman–Crippen MR) is 47.7 cm³/mol. The van der Waals surface area contributed by atoms with Crippen molar-refractivity contribution in [2.45, 2.75) is 44.6 Å². The van der Waals surface area contributed by atoms with E-state index in [-0.39, 0.29) is 6.04 Å². The number of hydrogen-bond donors (Lipinski definition) is 1. The molecule has 3 atom stereocenters. The Bertz CT molecular complexity index is 190. The summed E-state index contributed by atoms with van der Waals surface area (Å²) < 4.78 is 0. The number of Topliss-reactive ketones (excluding diaryl/α,β-unsaturated/α-hetero) is 1. The summed E-state index contributed by atoms with van der Waals surface area (Å²) >= 11 is 0. The number of ketones is 1. The molecule has 2 fully saturated rings. The van der Waals surface area contributed by atoms with Crippen LogP contribution < -0.4 is 5.73 Å². The summed E-state index contributed by atoms with van der Waals surface area (Å²) in [5.74, 6) is 1.76. The van der Waals surface area contributed by atoms with Crippen LogP contribution in [0.5, 0.6) is 0 Å². The Hall–Kier alpha value is -0.370. The molecular formula is C10H17NO. The summed E-state index contributed by atoms with van der Waals surface area (Å²) in [6.45, 7) is 0. The number of carbonyl (C=O) groups is 1. The van der Waals surface area contributed by atoms with E-state index in [9.17, 15) is 4.79 Å². The molecule has 0 unspecified atom stereocenters. The third-order valence-electron chi connectivity index (χ3n) is 3.50. The molecule has 2 saturated carbocycles. The average Bonchev–Trinajstić information content (AvgIpc) is 2.07. The van der Waals surface area contributed by atoms with Gasteiger partial charge in [0.2, 0.25) is 0 Å². The first kappa shape index (κ1) is 8.24. The second kappa shape index (κ2) is 3.17. The third kappa shape index (κ3) is 1.40. The fourth-order valence-corrected chi connectivity index (χ4v) is 2.73. The fourth-order valence-electron chi connectivity index (χ4n) is 2.73. The van der Waals surface area contributed by atoms with Crippen LogP contribution in [-0.2, 0) is 4.79 Å². The Morgan fingerprint density at radius 2 is 1.83 bits per heavy atom. The van der Waals surface area contributed by atoms with Gasteiger partial charge in [0, 0.05) is 6.42 Å². The van der Waals surface area contributed by atoms with Gasteiger partial charge in [-0.1, -0.05) is 19.3 Å². The molecule has 0 spiro atoms. The zero-order valence-electron chi connectivity index (χ0n) is 7.46. The van der Waals surface area contributed by atoms with Gasteiger partial charge in [0.25, 0.3) is 0 Å². The molecule has 2 aliphatic carbocycles. The van der Waals surface area contributed by atoms with Crippen LogP contribution in [0.4, 0.5) is 0 Å². The number of nitrogens with two attached hydrogens (primary N) is 1. The summed E-state index contributed by atoms with van der Waals surface area (Å²) in [4.78, 5) is 11.3. The first-order chi connectivity index (χ1) is 5.77. The lowest BCUT2D eigenvalue weighted by Crippen LogP contribution is -2.42. The summed E-state index contributed by atoms with van der Waals surface area (Å²) in [5, 5.41) is 0. The van der Waals surface area contributed by atoms with Gasteiger partial charge in [-0.15, -0.1) is 0 Å². The standard InChI is InChI=1S/C10H17NO/c11-9-5-7-3-1-2-4-8(7)6-10(9)12/h7-9H,1-6,11H2/t7-,8-,9+/m1/s1. The number of carbonyl (C=O) groups excluding carboxylic acids is 1. The molecule has 0 radical (unpaired) electrons. The van der Waals surface area contributed by atoms with Crippen LogP contribution in [-0.4, -0.2) is 11.8 Å². The first-order valence-corrected chi connectivity index (χ1v) is 5.05. The van der Waals surface area contributed by atoms with Gasteiger partial charge >= 0.3 is 0 Å². The minimum absolute atomic E-state index is 0.135. The van der Waals surface area contributed by atoms with Crippen LogP contribution in [0, 0.1) is 11.8 Å². The highest BCUT2D eigenvalue weighted by Gasteiger charge is 2.35. The Morgan fingerprint density at radius 3 is 2.58 bits per heavy atom. The van der Waals surface area contributed by atoms with Gasteiger partial charge < -0.3 is 5.73 Å². The Kier molecular flexibility index (Phi) is 2.18. The Balaban J connectivity index is 2.02. The van der Waals surface area contributed by atoms with Gasteiger partial charge in [-0.05, 0) is 24.7 Å². The Morgan fingerprint density at radius 1 is 1.17 bits per heavy atom. The molecule has 2 rings (SSSR count). The second-order valence-electron chi connectivity index (χ2n) is 4.32. The van der Waals surface area contributed by atoms with Gasteiger partial charge in [-0.3, -0.25) is 4.79 Å². The summed E-state index contributed by atoms with van der Waals surface area (Å²) in [6.07, 6.45) is 6.98. The van der Waals surface area contributed by atoms with Crippen molar-refractivity contribution in [3.05, 3.63) is 0 Å². The van der Waals surface area contributed by atoms with E-state index >= 15 is 0 Å². The smallest absolute Gasteiger partial charge is 0.149 e. The van der Waals surface area contributed by atoms with Crippen molar-refractivity contribution in [1.82, 2.24) is 0 Å². The minimum Gasteiger partial charge on any atom is -0.321 e. The summed E-state index contributed by atoms with van der Waals surface area (Å²) in [6, 6.07) is -0.135. The zero-order chi connectivity index (χ0) is 8.55. The third-order valence-corrected chi connectivity index (χ3v) is 3.50. The van der Waals surface area contributed by atoms with Crippen molar-refractivity contribution in [2.24, 2.45) is 17.6 Å². The van der Waals surface area contributed by atoms with E-state index in [4.69, 9.17) is 5.73 Å². The maximum atomic E-state index is 11.3. The van der Waals surface area contributed by atoms with E-state index in [0.29, 0.717) is 11.7 Å². The molecule has 0 saturated heterocycles. The monoisotopic (exact) mass is 167 g/mol. The van der Waals surface area contributed by atoms with Crippen molar-refractivity contribution in [3.8, 4) is 0 Å². The molecule has 0 aromatic rings. The maximum Gasteiger partial charge on any atom is 0.149 e. The predicted octanol–water partition coefficient (Wildman–Crippen LogP) is 1.48. The average molecular weight is 167 g/mol. The fraction of sp³-hybridized carbons (Fsp3) is 0.900. The van der Waals surface area contributed by atoms with Crippen molar-refractivity contribution in [1.29, 1.82) is 0 Å². The highest BCUT2D eigenvalue weighted by atomic mass is 16.1. The molecule has 2 N–H and O–H groups in total. The molecular weight excluding hydrogens is 150 g/mol. The maximum absolute atomic E-state index is 11.3. The van der Waals surface area contributed by atoms with Gasteiger partial charge in [0.1, 0.15) is 5.78 Å². The molecule has 0 amide bonds. The van der Waals surface area contributed by atoms with E-state index in [1.54, 1.807) is 0 Å². The van der Waals surface area contributed by atoms with Gasteiger partial charge in [0.15, 0.2) is 0 Å². The molecule has 2 aliphatic rings. The lowest BCUT2D eigenvalue weighted by Gasteiger charge is -2.37. The van der Waals surface area contributed by atoms with E-state index in [0.717, 1.165) is 18.8 Å². The van der Waals surface area contributed by atoms with E-state index in [2.05, 4.69) is 0 Å². The highest BCUT2D eigenvalue weighted by Crippen LogP contribution is 2.38. The van der Waals surface area contributed by atoms with Crippen LogP contribution in [0.25, 0.3) is 0 Å². The van der Waals surface area contributed by atoms with E-state index < -0.39 is 0 Å². The van der Waals surface area contributed by atoms with Crippen molar-refractivity contribution in [3.63, 3.8) is 0 Å². The lowest BCUT2D eigenvalue weighted by atomic mass is 9.69. The Labute approximate surface area is 73.5 Å². The molecule has 2 heteroatoms. The summed E-state index contributed by atoms with van der Waals surface area (Å²) in [7, 11) is 0. The topological polar surface area (TPSA) is 43.1 Å². The molecule has 12 heavy (non-hydrogen) atoms. The zero-order valence-corrected chi connectivity index (χ0v) is 7.46. The minimum atomic E-state index is -0.135. The van der Waals surface area contributed by atoms with Crippen LogP contribution in [0.1, 0.15) is 38.5 Å². The first-order valence-electron chi connectivity index (χ1n) is 5.05. The molecule has 0 aliphatic heterocycles. The van der Waals surface area contributed by atoms with Gasteiger partial charge in [0.05, 0.1) is 6.04 Å². The second-order valence-corrected chi connectivity index (χ2v) is 4.32. The molecule has 0 bridgehead atoms. The SMILES string of the molecule is N[C@H]1C[C@H]2CCCC[C@@H]2CC1=O. The molecule has 0 aromatic carbocycles. The number of rotatable bonds is 0. The molecule has 68 valence electrons. The number of fused-ring (bicyclic) bond motifs is 1. The van der Waals surface area contributed by atoms with Crippen molar-refractivity contribution >= 4 is 5.78 Å². The summed E-state index contributed by atoms with van der Waals surface area (Å²) in [5.41, 5.74) is 5.74. The van der Waals surface area contributed by atoms with Crippen LogP contribution >= 0.6 is 0 Å². The quantitative estimate of drug-likeness (QED) is 0.594. The largest absolute Gasteiger partial charge is 0.321 e. The molecule has 0 aromatic heterocycles.